The molecular weight excluding hydrogens is 2080 g/mol. The molecule has 4 saturated carbocycles. The standard InChI is InChI=1S/C22H30N6O3S.C21H30N4O3S.C15H21N5OS.C14H21ClN2O3.C9H17NO4.C8H16O3.C7H10N2S.C6H6Cl2N2.ClH/c1-5-17-25-18(27-22-24-13-16(32-22)15-8-7-9-15)12-19(26-17)31-11-10-23-21(30)14(3)28(4)20(29)6-2;1-5-16-23-17(25-20-22-13-15(29-20)14-8-6-9-14)12-18(24-16)27-11-7-10-19(26)28-21(2,3)4;1-2-12-18-13(8-14(19-12)21-7-6-16)20-15-17-9-11(22-15)10-4-3-5-10;1-5-11-16-10(15)9-12(17-11)19-8-6-7-13(18)20-14(2,3)4;1-6(7(11)12)10(5)8(13)14-9(2,3)4;1-8(2,3)11-7(10)5-4-6-9;8-7-9-4-6(10-7)5-2-1-3-5;1-2-6-9-4(7)3-5(8)10-6;/h6,12-15H,2,5,7-11H2,1,3-4H3,(H,23,30)(H,24,25,26,27);12-14H,5-11H2,1-4H3,(H,22,23,24,25);8-10H,2-7,16H2,1H3,(H,17,18,19,20);9H,5-8H2,1-4H3;6H,1-5H3,(H,11,12);9H,4-6H2,1-3H3;4-5H,1-3H2,(H2,8,9);3H,2H2,1H3;1H/t14-;;;;6-;;;;/m0...0..../s1. The molecular formula is C102H152Cl4N22O17S4. The number of hydrogen-bond acceptors (Lipinski definition) is 39. The summed E-state index contributed by atoms with van der Waals surface area (Å²) in [5, 5.41) is 34.0. The van der Waals surface area contributed by atoms with Gasteiger partial charge in [-0.3, -0.25) is 28.9 Å². The number of esters is 3. The summed E-state index contributed by atoms with van der Waals surface area (Å²) in [4.78, 5) is 148. The van der Waals surface area contributed by atoms with Crippen LogP contribution in [0, 0.1) is 0 Å². The molecule has 9 heterocycles. The Labute approximate surface area is 912 Å². The van der Waals surface area contributed by atoms with Gasteiger partial charge in [-0.1, -0.05) is 102 Å². The fraction of sp³-hybridized carbons (Fsp3) is 0.598. The number of aryl methyl sites for hydroxylation is 5. The summed E-state index contributed by atoms with van der Waals surface area (Å²) < 4.78 is 43.0. The molecule has 4 aliphatic carbocycles. The van der Waals surface area contributed by atoms with Crippen molar-refractivity contribution in [1.82, 2.24) is 84.9 Å². The van der Waals surface area contributed by atoms with E-state index in [0.717, 1.165) is 44.9 Å². The minimum atomic E-state index is -1.06. The summed E-state index contributed by atoms with van der Waals surface area (Å²) in [6.45, 7) is 40.4. The van der Waals surface area contributed by atoms with Gasteiger partial charge in [0.25, 0.3) is 0 Å². The van der Waals surface area contributed by atoms with E-state index >= 15 is 0 Å². The summed E-state index contributed by atoms with van der Waals surface area (Å²) >= 11 is 23.7. The van der Waals surface area contributed by atoms with Crippen LogP contribution in [0.3, 0.4) is 0 Å². The number of aliphatic hydroxyl groups is 1. The van der Waals surface area contributed by atoms with Crippen molar-refractivity contribution in [2.75, 3.05) is 81.9 Å². The Morgan fingerprint density at radius 2 is 0.765 bits per heavy atom. The van der Waals surface area contributed by atoms with Gasteiger partial charge in [0.2, 0.25) is 35.3 Å². The molecule has 4 aliphatic rings. The molecule has 0 aliphatic heterocycles. The maximum Gasteiger partial charge on any atom is 0.410 e. The average molecular weight is 2230 g/mol. The Hall–Kier alpha value is -10.8. The molecule has 13 rings (SSSR count). The molecule has 10 N–H and O–H groups in total. The fourth-order valence-electron chi connectivity index (χ4n) is 12.8. The van der Waals surface area contributed by atoms with E-state index in [9.17, 15) is 33.6 Å². The molecule has 9 aromatic heterocycles. The van der Waals surface area contributed by atoms with Gasteiger partial charge in [-0.2, -0.15) is 19.9 Å². The highest BCUT2D eigenvalue weighted by Crippen LogP contribution is 2.44. The van der Waals surface area contributed by atoms with E-state index in [1.807, 2.05) is 122 Å². The Bertz CT molecular complexity index is 5590. The largest absolute Gasteiger partial charge is 0.480 e. The van der Waals surface area contributed by atoms with Crippen molar-refractivity contribution in [3.63, 3.8) is 0 Å². The number of aliphatic carboxylic acids is 1. The third-order valence-corrected chi connectivity index (χ3v) is 26.4. The first kappa shape index (κ1) is 129. The minimum absolute atomic E-state index is 0. The second kappa shape index (κ2) is 65.5. The quantitative estimate of drug-likeness (QED) is 0.00581. The van der Waals surface area contributed by atoms with Crippen molar-refractivity contribution in [2.24, 2.45) is 5.73 Å². The molecule has 2 atom stereocenters. The molecule has 149 heavy (non-hydrogen) atoms. The average Bonchev–Trinajstić information content (AvgIpc) is 1.71. The van der Waals surface area contributed by atoms with E-state index in [1.54, 1.807) is 104 Å². The molecule has 0 unspecified atom stereocenters. The number of nitrogens with two attached hydrogens (primary N) is 2. The van der Waals surface area contributed by atoms with Gasteiger partial charge in [0.1, 0.15) is 110 Å². The number of carbonyl (C=O) groups is 7. The number of halogens is 4. The number of ether oxygens (including phenoxy) is 8. The molecule has 0 spiro atoms. The van der Waals surface area contributed by atoms with Crippen LogP contribution >= 0.6 is 92.6 Å². The molecule has 4 fully saturated rings. The van der Waals surface area contributed by atoms with Crippen LogP contribution < -0.4 is 51.7 Å². The number of rotatable bonds is 40. The summed E-state index contributed by atoms with van der Waals surface area (Å²) in [5.74, 6) is 7.84. The van der Waals surface area contributed by atoms with Crippen LogP contribution in [0.2, 0.25) is 15.5 Å². The van der Waals surface area contributed by atoms with E-state index in [-0.39, 0.29) is 61.9 Å². The number of carboxylic acid groups (broad SMARTS) is 1. The number of nitrogens with one attached hydrogen (secondary N) is 4. The van der Waals surface area contributed by atoms with Gasteiger partial charge in [-0.05, 0) is 197 Å². The number of thiazole rings is 4. The van der Waals surface area contributed by atoms with Crippen LogP contribution in [0.25, 0.3) is 0 Å². The third kappa shape index (κ3) is 50.8. The maximum absolute atomic E-state index is 12.2. The number of hydrogen-bond donors (Lipinski definition) is 8. The zero-order valence-corrected chi connectivity index (χ0v) is 96.0. The van der Waals surface area contributed by atoms with Crippen molar-refractivity contribution in [3.8, 4) is 23.5 Å². The number of carboxylic acids is 1. The SMILES string of the molecule is C=CC(=O)N(C)[C@@H](C)C(=O)NCCOc1cc(Nc2ncc(C3CCC3)s2)nc(CC)n1.CC(C)(C)OC(=O)CCCO.CCc1nc(Cl)cc(Cl)n1.CCc1nc(Cl)cc(OCCCC(=O)OC(C)(C)C)n1.CCc1nc(Nc2ncc(C3CCC3)s2)cc(OCCCC(=O)OC(C)(C)C)n1.CCc1nc(Nc2ncc(C3CCC3)s2)cc(OCCN)n1.C[C@@H](C(=O)O)N(C)C(=O)OC(C)(C)C.Cl.Nc1ncc(C2CCC2)s1. The van der Waals surface area contributed by atoms with Gasteiger partial charge >= 0.3 is 30.0 Å². The highest BCUT2D eigenvalue weighted by Gasteiger charge is 2.30. The van der Waals surface area contributed by atoms with Crippen LogP contribution in [0.5, 0.6) is 23.5 Å². The second-order valence-electron chi connectivity index (χ2n) is 38.6. The zero-order chi connectivity index (χ0) is 109. The molecule has 0 radical (unpaired) electrons. The van der Waals surface area contributed by atoms with Crippen molar-refractivity contribution in [2.45, 2.75) is 337 Å². The van der Waals surface area contributed by atoms with E-state index in [0.29, 0.717) is 187 Å². The minimum Gasteiger partial charge on any atom is -0.480 e. The van der Waals surface area contributed by atoms with Gasteiger partial charge < -0.3 is 85.7 Å². The lowest BCUT2D eigenvalue weighted by Crippen LogP contribution is -2.46. The lowest BCUT2D eigenvalue weighted by molar-refractivity contribution is -0.156. The lowest BCUT2D eigenvalue weighted by Gasteiger charge is -2.26. The van der Waals surface area contributed by atoms with Gasteiger partial charge in [-0.15, -0.1) is 57.8 Å². The Morgan fingerprint density at radius 3 is 1.07 bits per heavy atom. The smallest absolute Gasteiger partial charge is 0.410 e. The van der Waals surface area contributed by atoms with Gasteiger partial charge in [-0.25, -0.2) is 59.4 Å². The number of aromatic nitrogens is 14. The predicted octanol–water partition coefficient (Wildman–Crippen LogP) is 21.3. The molecule has 3 amide bonds. The molecule has 47 heteroatoms. The fourth-order valence-corrected chi connectivity index (χ4v) is 17.2. The topological polar surface area (TPSA) is 521 Å². The van der Waals surface area contributed by atoms with Crippen LogP contribution in [0.4, 0.5) is 42.8 Å². The number of nitrogens with zero attached hydrogens (tertiary/aromatic N) is 16. The lowest BCUT2D eigenvalue weighted by atomic mass is 9.85. The number of amides is 3. The predicted molar refractivity (Wildman–Crippen MR) is 588 cm³/mol. The zero-order valence-electron chi connectivity index (χ0n) is 89.7. The monoisotopic (exact) mass is 2220 g/mol. The maximum atomic E-state index is 12.2. The summed E-state index contributed by atoms with van der Waals surface area (Å²) in [6.07, 6.45) is 30.0. The number of anilines is 7. The number of aliphatic hydroxyl groups excluding tert-OH is 1. The van der Waals surface area contributed by atoms with Gasteiger partial charge in [0.15, 0.2) is 20.5 Å². The number of carbonyl (C=O) groups excluding carboxylic acids is 6. The second-order valence-corrected chi connectivity index (χ2v) is 44.0. The Kier molecular flexibility index (Phi) is 56.5. The van der Waals surface area contributed by atoms with Crippen molar-refractivity contribution < 1.29 is 81.7 Å². The van der Waals surface area contributed by atoms with Crippen LogP contribution in [0.15, 0.2) is 67.8 Å². The molecule has 0 aromatic carbocycles. The van der Waals surface area contributed by atoms with Crippen LogP contribution in [-0.4, -0.2) is 226 Å². The molecule has 0 bridgehead atoms. The third-order valence-electron chi connectivity index (χ3n) is 21.6. The molecule has 9 aromatic rings. The van der Waals surface area contributed by atoms with E-state index in [2.05, 4.69) is 97.6 Å². The summed E-state index contributed by atoms with van der Waals surface area (Å²) in [6, 6.07) is 6.88. The van der Waals surface area contributed by atoms with E-state index in [1.165, 1.54) is 128 Å². The van der Waals surface area contributed by atoms with E-state index in [4.69, 9.17) is 94.4 Å². The normalized spacial score (nSPS) is 13.5. The highest BCUT2D eigenvalue weighted by molar-refractivity contribution is 7.16. The van der Waals surface area contributed by atoms with Crippen molar-refractivity contribution >= 4 is 172 Å². The highest BCUT2D eigenvalue weighted by atomic mass is 35.5. The molecule has 39 nitrogen and oxygen atoms in total. The van der Waals surface area contributed by atoms with E-state index < -0.39 is 46.6 Å². The van der Waals surface area contributed by atoms with Gasteiger partial charge in [0.05, 0.1) is 19.8 Å². The summed E-state index contributed by atoms with van der Waals surface area (Å²) in [5.41, 5.74) is 9.04. The Balaban J connectivity index is 0.000000309. The van der Waals surface area contributed by atoms with Gasteiger partial charge in [0, 0.05) is 153 Å². The van der Waals surface area contributed by atoms with Crippen LogP contribution in [-0.2, 0) is 79.8 Å². The molecule has 0 saturated heterocycles. The first-order valence-corrected chi connectivity index (χ1v) is 54.5. The number of nitrogen functional groups attached to an aromatic ring is 1. The Morgan fingerprint density at radius 1 is 0.450 bits per heavy atom. The number of likely N-dealkylation sites (N-methyl/N-ethyl adjacent to an activating group) is 2. The van der Waals surface area contributed by atoms with Crippen molar-refractivity contribution in [1.29, 1.82) is 0 Å². The first-order chi connectivity index (χ1) is 70.0. The van der Waals surface area contributed by atoms with Crippen molar-refractivity contribution in [3.05, 3.63) is 132 Å². The van der Waals surface area contributed by atoms with Crippen LogP contribution in [0.1, 0.15) is 319 Å². The molecule has 824 valence electrons. The first-order valence-electron chi connectivity index (χ1n) is 50.1. The summed E-state index contributed by atoms with van der Waals surface area (Å²) in [7, 11) is 2.96.